The van der Waals surface area contributed by atoms with E-state index in [2.05, 4.69) is 22.6 Å². The van der Waals surface area contributed by atoms with E-state index in [9.17, 15) is 9.59 Å². The zero-order valence-electron chi connectivity index (χ0n) is 8.69. The number of esters is 1. The molecule has 2 aliphatic heterocycles. The molecule has 0 aromatic heterocycles. The summed E-state index contributed by atoms with van der Waals surface area (Å²) in [6.07, 6.45) is 0. The van der Waals surface area contributed by atoms with Gasteiger partial charge in [-0.3, -0.25) is 4.79 Å². The number of hydrogen-bond acceptors (Lipinski definition) is 4. The monoisotopic (exact) mass is 341 g/mol. The Bertz CT molecular complexity index is 333. The molecule has 0 unspecified atom stereocenters. The van der Waals surface area contributed by atoms with Crippen LogP contribution in [0.5, 0.6) is 0 Å². The molecule has 2 heterocycles. The summed E-state index contributed by atoms with van der Waals surface area (Å²) in [5.41, 5.74) is 0. The van der Waals surface area contributed by atoms with Crippen molar-refractivity contribution < 1.29 is 14.3 Å². The predicted octanol–water partition coefficient (Wildman–Crippen LogP) is 1.03. The molecule has 0 N–H and O–H groups in total. The molecule has 0 aromatic carbocycles. The van der Waals surface area contributed by atoms with E-state index in [-0.39, 0.29) is 25.9 Å². The van der Waals surface area contributed by atoms with Gasteiger partial charge in [0.2, 0.25) is 5.91 Å². The van der Waals surface area contributed by atoms with E-state index in [1.54, 1.807) is 16.7 Å². The van der Waals surface area contributed by atoms with E-state index in [4.69, 9.17) is 4.74 Å². The summed E-state index contributed by atoms with van der Waals surface area (Å²) in [4.78, 5) is 25.0. The van der Waals surface area contributed by atoms with E-state index in [1.807, 2.05) is 13.8 Å². The zero-order chi connectivity index (χ0) is 11.4. The van der Waals surface area contributed by atoms with Crippen LogP contribution in [0.15, 0.2) is 0 Å². The number of rotatable bonds is 1. The van der Waals surface area contributed by atoms with Crippen molar-refractivity contribution in [2.75, 3.05) is 7.11 Å². The van der Waals surface area contributed by atoms with Crippen LogP contribution >= 0.6 is 34.4 Å². The standard InChI is InChI=1S/C9H12INO3S/c1-9(2)5(8(13)14-3)11-6(12)4(10)7(11)15-9/h4-5,7H,1-3H3/t4-,5-,7+/m0/s1. The molecule has 4 nitrogen and oxygen atoms in total. The largest absolute Gasteiger partial charge is 0.467 e. The Labute approximate surface area is 106 Å². The number of carbonyl (C=O) groups excluding carboxylic acids is 2. The molecule has 2 saturated heterocycles. The first-order valence-corrected chi connectivity index (χ1v) is 6.74. The lowest BCUT2D eigenvalue weighted by Gasteiger charge is -2.41. The van der Waals surface area contributed by atoms with Gasteiger partial charge in [0, 0.05) is 4.75 Å². The van der Waals surface area contributed by atoms with Crippen LogP contribution in [0, 0.1) is 0 Å². The number of alkyl halides is 1. The van der Waals surface area contributed by atoms with Gasteiger partial charge in [-0.2, -0.15) is 0 Å². The van der Waals surface area contributed by atoms with Crippen molar-refractivity contribution in [2.45, 2.75) is 33.9 Å². The number of nitrogens with zero attached hydrogens (tertiary/aromatic N) is 1. The highest BCUT2D eigenvalue weighted by molar-refractivity contribution is 14.1. The molecule has 0 bridgehead atoms. The van der Waals surface area contributed by atoms with Crippen molar-refractivity contribution in [3.8, 4) is 0 Å². The fraction of sp³-hybridized carbons (Fsp3) is 0.778. The third-order valence-corrected chi connectivity index (χ3v) is 6.07. The van der Waals surface area contributed by atoms with Gasteiger partial charge in [-0.1, -0.05) is 22.6 Å². The summed E-state index contributed by atoms with van der Waals surface area (Å²) in [7, 11) is 1.36. The molecule has 2 aliphatic rings. The molecule has 2 fully saturated rings. The van der Waals surface area contributed by atoms with Crippen LogP contribution in [0.1, 0.15) is 13.8 Å². The van der Waals surface area contributed by atoms with Crippen LogP contribution in [-0.4, -0.2) is 44.0 Å². The molecule has 1 amide bonds. The number of hydrogen-bond donors (Lipinski definition) is 0. The number of carbonyl (C=O) groups is 2. The lowest BCUT2D eigenvalue weighted by atomic mass is 9.98. The average Bonchev–Trinajstić information content (AvgIpc) is 2.45. The quantitative estimate of drug-likeness (QED) is 0.309. The summed E-state index contributed by atoms with van der Waals surface area (Å²) in [5.74, 6) is -0.263. The highest BCUT2D eigenvalue weighted by atomic mass is 127. The van der Waals surface area contributed by atoms with Crippen LogP contribution in [0.25, 0.3) is 0 Å². The fourth-order valence-electron chi connectivity index (χ4n) is 2.06. The van der Waals surface area contributed by atoms with E-state index in [1.165, 1.54) is 7.11 Å². The number of halogens is 1. The summed E-state index contributed by atoms with van der Waals surface area (Å²) in [5, 5.41) is 0.136. The molecule has 0 aromatic rings. The number of amides is 1. The second-order valence-corrected chi connectivity index (χ2v) is 7.30. The molecule has 15 heavy (non-hydrogen) atoms. The average molecular weight is 341 g/mol. The Morgan fingerprint density at radius 2 is 2.20 bits per heavy atom. The predicted molar refractivity (Wildman–Crippen MR) is 65.9 cm³/mol. The fourth-order valence-corrected chi connectivity index (χ4v) is 4.70. The van der Waals surface area contributed by atoms with Crippen molar-refractivity contribution in [1.29, 1.82) is 0 Å². The smallest absolute Gasteiger partial charge is 0.330 e. The summed E-state index contributed by atoms with van der Waals surface area (Å²) in [6, 6.07) is -0.434. The van der Waals surface area contributed by atoms with Crippen molar-refractivity contribution >= 4 is 46.2 Å². The highest BCUT2D eigenvalue weighted by Crippen LogP contribution is 2.52. The second kappa shape index (κ2) is 3.51. The van der Waals surface area contributed by atoms with Crippen molar-refractivity contribution in [3.63, 3.8) is 0 Å². The van der Waals surface area contributed by atoms with E-state index in [0.717, 1.165) is 0 Å². The maximum absolute atomic E-state index is 11.7. The van der Waals surface area contributed by atoms with Crippen molar-refractivity contribution in [1.82, 2.24) is 4.90 Å². The van der Waals surface area contributed by atoms with E-state index < -0.39 is 6.04 Å². The molecule has 0 saturated carbocycles. The maximum Gasteiger partial charge on any atom is 0.330 e. The minimum absolute atomic E-state index is 0.00142. The third-order valence-electron chi connectivity index (χ3n) is 2.80. The number of methoxy groups -OCH3 is 1. The van der Waals surface area contributed by atoms with Gasteiger partial charge in [-0.25, -0.2) is 4.79 Å². The van der Waals surface area contributed by atoms with Crippen LogP contribution in [0.3, 0.4) is 0 Å². The molecular formula is C9H12INO3S. The minimum atomic E-state index is -0.434. The van der Waals surface area contributed by atoms with Crippen molar-refractivity contribution in [3.05, 3.63) is 0 Å². The summed E-state index contributed by atoms with van der Waals surface area (Å²) in [6.45, 7) is 3.96. The molecule has 0 aliphatic carbocycles. The normalized spacial score (nSPS) is 37.2. The molecule has 84 valence electrons. The first-order chi connectivity index (χ1) is 6.90. The van der Waals surface area contributed by atoms with Crippen LogP contribution in [0.2, 0.25) is 0 Å². The number of thioether (sulfide) groups is 1. The van der Waals surface area contributed by atoms with Crippen LogP contribution < -0.4 is 0 Å². The van der Waals surface area contributed by atoms with Crippen LogP contribution in [0.4, 0.5) is 0 Å². The number of ether oxygens (including phenoxy) is 1. The second-order valence-electron chi connectivity index (χ2n) is 4.18. The van der Waals surface area contributed by atoms with Crippen LogP contribution in [-0.2, 0) is 14.3 Å². The highest BCUT2D eigenvalue weighted by Gasteiger charge is 2.63. The lowest BCUT2D eigenvalue weighted by molar-refractivity contribution is -0.158. The number of fused-ring (bicyclic) bond motifs is 1. The molecule has 3 atom stereocenters. The molecular weight excluding hydrogens is 329 g/mol. The van der Waals surface area contributed by atoms with Gasteiger partial charge < -0.3 is 9.64 Å². The zero-order valence-corrected chi connectivity index (χ0v) is 11.7. The van der Waals surface area contributed by atoms with Crippen molar-refractivity contribution in [2.24, 2.45) is 0 Å². The topological polar surface area (TPSA) is 46.6 Å². The Hall–Kier alpha value is 0.0200. The molecule has 2 rings (SSSR count). The third kappa shape index (κ3) is 1.48. The molecule has 0 radical (unpaired) electrons. The Morgan fingerprint density at radius 1 is 1.60 bits per heavy atom. The SMILES string of the molecule is COC(=O)[C@@H]1N2C(=O)[C@H](I)[C@H]2SC1(C)C. The molecule has 0 spiro atoms. The van der Waals surface area contributed by atoms with Gasteiger partial charge in [0.05, 0.1) is 7.11 Å². The van der Waals surface area contributed by atoms with Gasteiger partial charge in [-0.05, 0) is 13.8 Å². The van der Waals surface area contributed by atoms with Gasteiger partial charge >= 0.3 is 5.97 Å². The summed E-state index contributed by atoms with van der Waals surface area (Å²) >= 11 is 3.81. The lowest BCUT2D eigenvalue weighted by Crippen LogP contribution is -2.63. The first kappa shape index (κ1) is 11.5. The van der Waals surface area contributed by atoms with Gasteiger partial charge in [0.25, 0.3) is 0 Å². The minimum Gasteiger partial charge on any atom is -0.467 e. The number of β-lactam (4-membered cyclic amide) rings is 1. The van der Waals surface area contributed by atoms with Gasteiger partial charge in [0.15, 0.2) is 0 Å². The van der Waals surface area contributed by atoms with Gasteiger partial charge in [-0.15, -0.1) is 11.8 Å². The first-order valence-electron chi connectivity index (χ1n) is 4.62. The summed E-state index contributed by atoms with van der Waals surface area (Å²) < 4.78 is 4.50. The van der Waals surface area contributed by atoms with E-state index >= 15 is 0 Å². The Kier molecular flexibility index (Phi) is 2.69. The Balaban J connectivity index is 2.29. The molecule has 6 heteroatoms. The maximum atomic E-state index is 11.7. The van der Waals surface area contributed by atoms with Gasteiger partial charge in [0.1, 0.15) is 15.3 Å². The van der Waals surface area contributed by atoms with E-state index in [0.29, 0.717) is 0 Å². The Morgan fingerprint density at radius 3 is 2.73 bits per heavy atom.